The Labute approximate surface area is 103 Å². The molecule has 1 N–H and O–H groups in total. The van der Waals surface area contributed by atoms with Gasteiger partial charge in [0.25, 0.3) is 5.69 Å². The molecule has 0 unspecified atom stereocenters. The summed E-state index contributed by atoms with van der Waals surface area (Å²) in [5.41, 5.74) is -0.942. The Morgan fingerprint density at radius 2 is 2.28 bits per heavy atom. The van der Waals surface area contributed by atoms with Gasteiger partial charge in [-0.25, -0.2) is 4.79 Å². The fourth-order valence-corrected chi connectivity index (χ4v) is 1.30. The molecule has 0 saturated carbocycles. The van der Waals surface area contributed by atoms with Gasteiger partial charge in [0.05, 0.1) is 4.92 Å². The summed E-state index contributed by atoms with van der Waals surface area (Å²) in [4.78, 5) is 21.0. The Kier molecular flexibility index (Phi) is 4.62. The molecule has 0 amide bonds. The first kappa shape index (κ1) is 13.4. The van der Waals surface area contributed by atoms with Crippen molar-refractivity contribution >= 4 is 11.7 Å². The number of allylic oxidation sites excluding steroid dienone is 2. The molecule has 6 nitrogen and oxygen atoms in total. The second-order valence-corrected chi connectivity index (χ2v) is 3.19. The lowest BCUT2D eigenvalue weighted by Gasteiger charge is -2.07. The molecule has 0 saturated heterocycles. The second-order valence-electron chi connectivity index (χ2n) is 3.19. The van der Waals surface area contributed by atoms with E-state index in [9.17, 15) is 14.9 Å². The molecule has 0 fully saturated rings. The zero-order valence-electron chi connectivity index (χ0n) is 9.41. The summed E-state index contributed by atoms with van der Waals surface area (Å²) in [6, 6.07) is 3.87. The standard InChI is InChI=1S/C12H11NO5/c1-2-3-4-8-18-10-7-5-6-9(13(16)17)11(10)12(14)15/h2-7H,1,8H2,(H,14,15). The number of benzene rings is 1. The lowest BCUT2D eigenvalue weighted by atomic mass is 10.1. The smallest absolute Gasteiger partial charge is 0.346 e. The topological polar surface area (TPSA) is 89.7 Å². The van der Waals surface area contributed by atoms with Crippen LogP contribution in [-0.4, -0.2) is 22.6 Å². The third kappa shape index (κ3) is 3.18. The minimum Gasteiger partial charge on any atom is -0.488 e. The number of rotatable bonds is 6. The Hall–Kier alpha value is -2.63. The van der Waals surface area contributed by atoms with Crippen LogP contribution in [0.1, 0.15) is 10.4 Å². The fourth-order valence-electron chi connectivity index (χ4n) is 1.30. The van der Waals surface area contributed by atoms with Crippen LogP contribution in [0, 0.1) is 10.1 Å². The zero-order chi connectivity index (χ0) is 13.5. The van der Waals surface area contributed by atoms with E-state index >= 15 is 0 Å². The molecular weight excluding hydrogens is 238 g/mol. The van der Waals surface area contributed by atoms with Gasteiger partial charge in [0.2, 0.25) is 0 Å². The van der Waals surface area contributed by atoms with Crippen LogP contribution < -0.4 is 4.74 Å². The number of nitrogens with zero attached hydrogens (tertiary/aromatic N) is 1. The predicted molar refractivity (Wildman–Crippen MR) is 64.9 cm³/mol. The molecule has 6 heteroatoms. The molecule has 0 aliphatic heterocycles. The van der Waals surface area contributed by atoms with E-state index in [2.05, 4.69) is 6.58 Å². The van der Waals surface area contributed by atoms with E-state index in [-0.39, 0.29) is 12.4 Å². The first-order valence-electron chi connectivity index (χ1n) is 4.99. The zero-order valence-corrected chi connectivity index (χ0v) is 9.41. The number of carbonyl (C=O) groups is 1. The Morgan fingerprint density at radius 1 is 1.56 bits per heavy atom. The van der Waals surface area contributed by atoms with Gasteiger partial charge in [-0.1, -0.05) is 24.8 Å². The molecule has 94 valence electrons. The van der Waals surface area contributed by atoms with Gasteiger partial charge in [0.15, 0.2) is 5.56 Å². The summed E-state index contributed by atoms with van der Waals surface area (Å²) >= 11 is 0. The highest BCUT2D eigenvalue weighted by molar-refractivity contribution is 5.95. The molecule has 1 aromatic rings. The maximum Gasteiger partial charge on any atom is 0.346 e. The van der Waals surface area contributed by atoms with Gasteiger partial charge in [-0.3, -0.25) is 10.1 Å². The highest BCUT2D eigenvalue weighted by Crippen LogP contribution is 2.28. The van der Waals surface area contributed by atoms with Gasteiger partial charge in [-0.15, -0.1) is 0 Å². The molecular formula is C12H11NO5. The van der Waals surface area contributed by atoms with Crippen molar-refractivity contribution in [3.63, 3.8) is 0 Å². The summed E-state index contributed by atoms with van der Waals surface area (Å²) in [5.74, 6) is -1.43. The maximum atomic E-state index is 11.0. The maximum absolute atomic E-state index is 11.0. The van der Waals surface area contributed by atoms with Crippen molar-refractivity contribution in [3.05, 3.63) is 58.7 Å². The highest BCUT2D eigenvalue weighted by atomic mass is 16.6. The van der Waals surface area contributed by atoms with Crippen LogP contribution in [0.2, 0.25) is 0 Å². The van der Waals surface area contributed by atoms with E-state index in [0.29, 0.717) is 0 Å². The summed E-state index contributed by atoms with van der Waals surface area (Å²) in [5, 5.41) is 19.7. The lowest BCUT2D eigenvalue weighted by Crippen LogP contribution is -2.07. The van der Waals surface area contributed by atoms with Crippen LogP contribution in [0.4, 0.5) is 5.69 Å². The fraction of sp³-hybridized carbons (Fsp3) is 0.0833. The predicted octanol–water partition coefficient (Wildman–Crippen LogP) is 2.41. The quantitative estimate of drug-likeness (QED) is 0.475. The van der Waals surface area contributed by atoms with E-state index in [4.69, 9.17) is 9.84 Å². The Morgan fingerprint density at radius 3 is 2.83 bits per heavy atom. The molecule has 1 aromatic carbocycles. The minimum atomic E-state index is -1.40. The number of nitro groups is 1. The largest absolute Gasteiger partial charge is 0.488 e. The van der Waals surface area contributed by atoms with E-state index in [1.54, 1.807) is 12.2 Å². The number of aromatic carboxylic acids is 1. The third-order valence-electron chi connectivity index (χ3n) is 2.02. The van der Waals surface area contributed by atoms with Crippen LogP contribution in [0.5, 0.6) is 5.75 Å². The van der Waals surface area contributed by atoms with Gasteiger partial charge in [-0.05, 0) is 12.1 Å². The molecule has 0 spiro atoms. The monoisotopic (exact) mass is 249 g/mol. The molecule has 0 aromatic heterocycles. The third-order valence-corrected chi connectivity index (χ3v) is 2.02. The summed E-state index contributed by atoms with van der Waals surface area (Å²) < 4.78 is 5.17. The number of nitro benzene ring substituents is 1. The van der Waals surface area contributed by atoms with Crippen LogP contribution in [0.3, 0.4) is 0 Å². The van der Waals surface area contributed by atoms with Gasteiger partial charge < -0.3 is 9.84 Å². The summed E-state index contributed by atoms with van der Waals surface area (Å²) in [6.07, 6.45) is 4.77. The van der Waals surface area contributed by atoms with E-state index in [1.165, 1.54) is 18.2 Å². The van der Waals surface area contributed by atoms with Gasteiger partial charge in [-0.2, -0.15) is 0 Å². The van der Waals surface area contributed by atoms with Gasteiger partial charge in [0, 0.05) is 6.07 Å². The first-order valence-corrected chi connectivity index (χ1v) is 4.99. The first-order chi connectivity index (χ1) is 8.57. The lowest BCUT2D eigenvalue weighted by molar-refractivity contribution is -0.385. The number of hydrogen-bond acceptors (Lipinski definition) is 4. The van der Waals surface area contributed by atoms with Crippen molar-refractivity contribution in [2.75, 3.05) is 6.61 Å². The van der Waals surface area contributed by atoms with Gasteiger partial charge >= 0.3 is 5.97 Å². The van der Waals surface area contributed by atoms with E-state index < -0.39 is 22.1 Å². The summed E-state index contributed by atoms with van der Waals surface area (Å²) in [6.45, 7) is 3.57. The number of hydrogen-bond donors (Lipinski definition) is 1. The number of carboxylic acids is 1. The Bertz CT molecular complexity index is 507. The molecule has 0 atom stereocenters. The molecule has 0 aliphatic carbocycles. The van der Waals surface area contributed by atoms with E-state index in [0.717, 1.165) is 6.07 Å². The normalized spacial score (nSPS) is 10.2. The number of ether oxygens (including phenoxy) is 1. The Balaban J connectivity index is 3.07. The SMILES string of the molecule is C=CC=CCOc1cccc([N+](=O)[O-])c1C(=O)O. The van der Waals surface area contributed by atoms with Crippen molar-refractivity contribution in [3.8, 4) is 5.75 Å². The number of carboxylic acid groups (broad SMARTS) is 1. The van der Waals surface area contributed by atoms with Crippen LogP contribution in [-0.2, 0) is 0 Å². The van der Waals surface area contributed by atoms with Gasteiger partial charge in [0.1, 0.15) is 12.4 Å². The molecule has 0 bridgehead atoms. The van der Waals surface area contributed by atoms with Crippen LogP contribution >= 0.6 is 0 Å². The molecule has 18 heavy (non-hydrogen) atoms. The van der Waals surface area contributed by atoms with Crippen molar-refractivity contribution in [1.82, 2.24) is 0 Å². The van der Waals surface area contributed by atoms with Crippen molar-refractivity contribution in [2.24, 2.45) is 0 Å². The van der Waals surface area contributed by atoms with Crippen molar-refractivity contribution in [2.45, 2.75) is 0 Å². The average Bonchev–Trinajstić information content (AvgIpc) is 2.33. The van der Waals surface area contributed by atoms with Crippen molar-refractivity contribution in [1.29, 1.82) is 0 Å². The highest BCUT2D eigenvalue weighted by Gasteiger charge is 2.24. The van der Waals surface area contributed by atoms with E-state index in [1.807, 2.05) is 0 Å². The van der Waals surface area contributed by atoms with Crippen LogP contribution in [0.15, 0.2) is 43.0 Å². The molecule has 0 radical (unpaired) electrons. The average molecular weight is 249 g/mol. The molecule has 0 heterocycles. The second kappa shape index (κ2) is 6.19. The minimum absolute atomic E-state index is 0.0367. The van der Waals surface area contributed by atoms with Crippen LogP contribution in [0.25, 0.3) is 0 Å². The summed E-state index contributed by atoms with van der Waals surface area (Å²) in [7, 11) is 0. The van der Waals surface area contributed by atoms with Crippen molar-refractivity contribution < 1.29 is 19.6 Å². The molecule has 1 rings (SSSR count). The molecule has 0 aliphatic rings.